The summed E-state index contributed by atoms with van der Waals surface area (Å²) in [7, 11) is 0. The maximum Gasteiger partial charge on any atom is 0.410 e. The van der Waals surface area contributed by atoms with Crippen LogP contribution in [0.1, 0.15) is 51.4 Å². The maximum absolute atomic E-state index is 16.3. The summed E-state index contributed by atoms with van der Waals surface area (Å²) in [6.45, 7) is 11.0. The monoisotopic (exact) mass is 601 g/mol. The molecule has 4 aliphatic heterocycles. The fourth-order valence-electron chi connectivity index (χ4n) is 6.55. The lowest BCUT2D eigenvalue weighted by atomic mass is 9.97. The second-order valence-corrected chi connectivity index (χ2v) is 13.5. The Morgan fingerprint density at radius 1 is 1.07 bits per heavy atom. The standard InChI is InChI=1S/C31H38F3N5O4/c1-30(2,3)43-29(41)36-10-11-38-20(15-36)17-42-26-23(28(38)40)27(35-25(24(26)34)21-8-6-7-9-22(21)33)39-16-19(12-31(39,4)5)37-13-18(32)14-37/h6-9,18-20H,10-17H2,1-5H3/t19-,20+/m0/s1. The summed E-state index contributed by atoms with van der Waals surface area (Å²) in [6.07, 6.45) is -0.686. The van der Waals surface area contributed by atoms with E-state index >= 15 is 8.78 Å². The number of alkyl halides is 1. The first-order valence-corrected chi connectivity index (χ1v) is 14.8. The molecule has 2 amide bonds. The Balaban J connectivity index is 1.41. The van der Waals surface area contributed by atoms with E-state index in [-0.39, 0.29) is 60.7 Å². The highest BCUT2D eigenvalue weighted by atomic mass is 19.1. The molecule has 12 heteroatoms. The van der Waals surface area contributed by atoms with Gasteiger partial charge in [-0.2, -0.15) is 0 Å². The topological polar surface area (TPSA) is 78.5 Å². The van der Waals surface area contributed by atoms with Crippen molar-refractivity contribution < 1.29 is 32.2 Å². The fraction of sp³-hybridized carbons (Fsp3) is 0.581. The molecule has 1 aromatic carbocycles. The van der Waals surface area contributed by atoms with Crippen LogP contribution in [-0.2, 0) is 4.74 Å². The minimum absolute atomic E-state index is 0.00772. The summed E-state index contributed by atoms with van der Waals surface area (Å²) in [5, 5.41) is 0. The van der Waals surface area contributed by atoms with Crippen LogP contribution in [0.5, 0.6) is 5.75 Å². The largest absolute Gasteiger partial charge is 0.487 e. The fourth-order valence-corrected chi connectivity index (χ4v) is 6.55. The molecule has 6 rings (SSSR count). The molecule has 9 nitrogen and oxygen atoms in total. The summed E-state index contributed by atoms with van der Waals surface area (Å²) in [5.74, 6) is -2.11. The average Bonchev–Trinajstić information content (AvgIpc) is 3.14. The number of pyridine rings is 1. The van der Waals surface area contributed by atoms with Crippen LogP contribution in [0.25, 0.3) is 11.3 Å². The van der Waals surface area contributed by atoms with Crippen LogP contribution in [0.2, 0.25) is 0 Å². The number of rotatable bonds is 3. The summed E-state index contributed by atoms with van der Waals surface area (Å²) in [5.41, 5.74) is -1.53. The number of piperazine rings is 1. The second-order valence-electron chi connectivity index (χ2n) is 13.5. The van der Waals surface area contributed by atoms with E-state index in [0.29, 0.717) is 26.1 Å². The average molecular weight is 602 g/mol. The first-order chi connectivity index (χ1) is 20.2. The van der Waals surface area contributed by atoms with E-state index in [1.165, 1.54) is 23.1 Å². The zero-order valence-electron chi connectivity index (χ0n) is 25.2. The van der Waals surface area contributed by atoms with Gasteiger partial charge in [-0.05, 0) is 53.2 Å². The highest BCUT2D eigenvalue weighted by Gasteiger charge is 2.48. The van der Waals surface area contributed by atoms with E-state index in [1.54, 1.807) is 31.7 Å². The maximum atomic E-state index is 16.3. The number of carbonyl (C=O) groups excluding carboxylic acids is 2. The lowest BCUT2D eigenvalue weighted by molar-refractivity contribution is 0.000863. The van der Waals surface area contributed by atoms with Crippen molar-refractivity contribution in [2.45, 2.75) is 70.4 Å². The molecule has 232 valence electrons. The zero-order chi connectivity index (χ0) is 30.8. The minimum Gasteiger partial charge on any atom is -0.487 e. The van der Waals surface area contributed by atoms with Crippen molar-refractivity contribution in [1.82, 2.24) is 19.7 Å². The molecule has 0 radical (unpaired) electrons. The summed E-state index contributed by atoms with van der Waals surface area (Å²) in [4.78, 5) is 38.9. The smallest absolute Gasteiger partial charge is 0.410 e. The molecule has 3 saturated heterocycles. The highest BCUT2D eigenvalue weighted by Crippen LogP contribution is 2.45. The predicted octanol–water partition coefficient (Wildman–Crippen LogP) is 4.49. The van der Waals surface area contributed by atoms with E-state index in [2.05, 4.69) is 9.88 Å². The number of hydrogen-bond acceptors (Lipinski definition) is 7. The Morgan fingerprint density at radius 3 is 2.47 bits per heavy atom. The summed E-state index contributed by atoms with van der Waals surface area (Å²) in [6, 6.07) is 5.22. The number of fused-ring (bicyclic) bond motifs is 2. The third-order valence-electron chi connectivity index (χ3n) is 8.73. The first kappa shape index (κ1) is 29.5. The Kier molecular flexibility index (Phi) is 7.26. The quantitative estimate of drug-likeness (QED) is 0.513. The molecule has 0 saturated carbocycles. The lowest BCUT2D eigenvalue weighted by Gasteiger charge is -2.40. The Labute approximate surface area is 249 Å². The number of ether oxygens (including phenoxy) is 2. The van der Waals surface area contributed by atoms with Crippen molar-refractivity contribution >= 4 is 17.8 Å². The van der Waals surface area contributed by atoms with Gasteiger partial charge in [0.1, 0.15) is 41.3 Å². The Hall–Kier alpha value is -3.54. The SMILES string of the molecule is CC(C)(C)OC(=O)N1CCN2C(=O)c3c(N4C[C@@H](N5CC(F)C5)CC4(C)C)nc(-c4ccccc4F)c(F)c3OC[C@H]2C1. The number of amides is 2. The van der Waals surface area contributed by atoms with Crippen LogP contribution < -0.4 is 9.64 Å². The van der Waals surface area contributed by atoms with Gasteiger partial charge in [-0.25, -0.2) is 22.9 Å². The molecule has 0 N–H and O–H groups in total. The van der Waals surface area contributed by atoms with Gasteiger partial charge in [-0.1, -0.05) is 12.1 Å². The number of nitrogens with zero attached hydrogens (tertiary/aromatic N) is 5. The third-order valence-corrected chi connectivity index (χ3v) is 8.73. The van der Waals surface area contributed by atoms with Gasteiger partial charge in [0.15, 0.2) is 11.6 Å². The Morgan fingerprint density at radius 2 is 1.79 bits per heavy atom. The molecule has 5 heterocycles. The minimum atomic E-state index is -0.919. The van der Waals surface area contributed by atoms with Gasteiger partial charge >= 0.3 is 6.09 Å². The van der Waals surface area contributed by atoms with E-state index in [9.17, 15) is 14.0 Å². The summed E-state index contributed by atoms with van der Waals surface area (Å²) < 4.78 is 56.7. The molecule has 0 aliphatic carbocycles. The van der Waals surface area contributed by atoms with Gasteiger partial charge in [0.2, 0.25) is 0 Å². The number of aromatic nitrogens is 1. The molecule has 2 atom stereocenters. The molecule has 2 aromatic rings. The van der Waals surface area contributed by atoms with Gasteiger partial charge in [-0.3, -0.25) is 9.69 Å². The van der Waals surface area contributed by atoms with Crippen LogP contribution in [0.4, 0.5) is 23.8 Å². The third kappa shape index (κ3) is 5.38. The normalized spacial score (nSPS) is 24.2. The number of halogens is 3. The predicted molar refractivity (Wildman–Crippen MR) is 154 cm³/mol. The molecule has 3 fully saturated rings. The molecule has 43 heavy (non-hydrogen) atoms. The van der Waals surface area contributed by atoms with Crippen molar-refractivity contribution in [3.63, 3.8) is 0 Å². The number of anilines is 1. The van der Waals surface area contributed by atoms with Gasteiger partial charge in [0, 0.05) is 56.4 Å². The molecule has 0 unspecified atom stereocenters. The number of likely N-dealkylation sites (tertiary alicyclic amines) is 1. The molecule has 1 aromatic heterocycles. The van der Waals surface area contributed by atoms with Crippen molar-refractivity contribution in [3.05, 3.63) is 41.5 Å². The van der Waals surface area contributed by atoms with Crippen LogP contribution >= 0.6 is 0 Å². The van der Waals surface area contributed by atoms with Gasteiger partial charge in [0.25, 0.3) is 5.91 Å². The molecular weight excluding hydrogens is 563 g/mol. The zero-order valence-corrected chi connectivity index (χ0v) is 25.2. The van der Waals surface area contributed by atoms with Crippen molar-refractivity contribution in [2.24, 2.45) is 0 Å². The van der Waals surface area contributed by atoms with Crippen molar-refractivity contribution in [2.75, 3.05) is 50.8 Å². The lowest BCUT2D eigenvalue weighted by Crippen LogP contribution is -2.58. The molecule has 4 aliphatic rings. The van der Waals surface area contributed by atoms with Crippen LogP contribution in [0.15, 0.2) is 24.3 Å². The highest BCUT2D eigenvalue weighted by molar-refractivity contribution is 6.03. The van der Waals surface area contributed by atoms with Crippen LogP contribution in [0, 0.1) is 11.6 Å². The second kappa shape index (κ2) is 10.6. The van der Waals surface area contributed by atoms with Gasteiger partial charge < -0.3 is 24.2 Å². The van der Waals surface area contributed by atoms with Crippen molar-refractivity contribution in [3.8, 4) is 17.0 Å². The molecule has 0 bridgehead atoms. The number of benzene rings is 1. The first-order valence-electron chi connectivity index (χ1n) is 14.8. The van der Waals surface area contributed by atoms with Gasteiger partial charge in [-0.15, -0.1) is 0 Å². The van der Waals surface area contributed by atoms with E-state index in [1.807, 2.05) is 18.7 Å². The van der Waals surface area contributed by atoms with E-state index in [4.69, 9.17) is 9.47 Å². The summed E-state index contributed by atoms with van der Waals surface area (Å²) >= 11 is 0. The van der Waals surface area contributed by atoms with E-state index < -0.39 is 47.0 Å². The molecular formula is C31H38F3N5O4. The van der Waals surface area contributed by atoms with E-state index in [0.717, 1.165) is 0 Å². The number of carbonyl (C=O) groups is 2. The van der Waals surface area contributed by atoms with Gasteiger partial charge in [0.05, 0.1) is 6.04 Å². The van der Waals surface area contributed by atoms with Crippen LogP contribution in [-0.4, -0.2) is 107 Å². The number of hydrogen-bond donors (Lipinski definition) is 0. The Bertz CT molecular complexity index is 1440. The van der Waals surface area contributed by atoms with Crippen LogP contribution in [0.3, 0.4) is 0 Å². The van der Waals surface area contributed by atoms with Crippen molar-refractivity contribution in [1.29, 1.82) is 0 Å². The molecule has 0 spiro atoms.